The second-order valence-corrected chi connectivity index (χ2v) is 6.88. The maximum atomic E-state index is 3.98. The Kier molecular flexibility index (Phi) is 7.95. The molecule has 0 heterocycles. The SMILES string of the molecule is CCCCCCCC(Br)(C(C)C)C(C)C. The Bertz CT molecular complexity index is 141. The highest BCUT2D eigenvalue weighted by Gasteiger charge is 2.33. The molecule has 0 aromatic rings. The van der Waals surface area contributed by atoms with Crippen LogP contribution >= 0.6 is 15.9 Å². The third kappa shape index (κ3) is 5.38. The van der Waals surface area contributed by atoms with Crippen LogP contribution in [0.2, 0.25) is 0 Å². The first kappa shape index (κ1) is 15.5. The molecule has 0 aliphatic carbocycles. The fraction of sp³-hybridized carbons (Fsp3) is 1.00. The highest BCUT2D eigenvalue weighted by atomic mass is 79.9. The Labute approximate surface area is 105 Å². The summed E-state index contributed by atoms with van der Waals surface area (Å²) >= 11 is 3.98. The quantitative estimate of drug-likeness (QED) is 0.389. The van der Waals surface area contributed by atoms with E-state index in [-0.39, 0.29) is 0 Å². The van der Waals surface area contributed by atoms with Crippen molar-refractivity contribution in [1.29, 1.82) is 0 Å². The van der Waals surface area contributed by atoms with E-state index in [1.807, 2.05) is 0 Å². The average Bonchev–Trinajstić information content (AvgIpc) is 2.16. The van der Waals surface area contributed by atoms with Gasteiger partial charge in [0.05, 0.1) is 0 Å². The fourth-order valence-electron chi connectivity index (χ4n) is 2.24. The summed E-state index contributed by atoms with van der Waals surface area (Å²) in [6.07, 6.45) is 8.26. The van der Waals surface area contributed by atoms with E-state index in [9.17, 15) is 0 Å². The lowest BCUT2D eigenvalue weighted by atomic mass is 9.81. The second kappa shape index (κ2) is 7.70. The molecular formula is C14H29Br. The monoisotopic (exact) mass is 276 g/mol. The van der Waals surface area contributed by atoms with E-state index in [4.69, 9.17) is 0 Å². The van der Waals surface area contributed by atoms with Gasteiger partial charge in [0.25, 0.3) is 0 Å². The minimum absolute atomic E-state index is 0.360. The molecule has 0 fully saturated rings. The maximum absolute atomic E-state index is 3.98. The van der Waals surface area contributed by atoms with Gasteiger partial charge in [-0.15, -0.1) is 0 Å². The highest BCUT2D eigenvalue weighted by molar-refractivity contribution is 9.10. The summed E-state index contributed by atoms with van der Waals surface area (Å²) in [5, 5.41) is 0. The predicted molar refractivity (Wildman–Crippen MR) is 74.7 cm³/mol. The van der Waals surface area contributed by atoms with Crippen LogP contribution in [0.25, 0.3) is 0 Å². The van der Waals surface area contributed by atoms with Crippen molar-refractivity contribution in [1.82, 2.24) is 0 Å². The molecule has 0 atom stereocenters. The Hall–Kier alpha value is 0.480. The number of hydrogen-bond acceptors (Lipinski definition) is 0. The van der Waals surface area contributed by atoms with Gasteiger partial charge in [-0.05, 0) is 18.3 Å². The summed E-state index contributed by atoms with van der Waals surface area (Å²) in [5.41, 5.74) is 0. The van der Waals surface area contributed by atoms with Gasteiger partial charge in [-0.1, -0.05) is 82.7 Å². The van der Waals surface area contributed by atoms with Gasteiger partial charge in [-0.25, -0.2) is 0 Å². The predicted octanol–water partition coefficient (Wildman–Crippen LogP) is 5.79. The normalized spacial score (nSPS) is 12.8. The number of rotatable bonds is 8. The van der Waals surface area contributed by atoms with Crippen molar-refractivity contribution >= 4 is 15.9 Å². The molecule has 0 radical (unpaired) electrons. The second-order valence-electron chi connectivity index (χ2n) is 5.40. The third-order valence-electron chi connectivity index (χ3n) is 3.58. The number of alkyl halides is 1. The molecule has 1 heteroatoms. The highest BCUT2D eigenvalue weighted by Crippen LogP contribution is 2.40. The zero-order chi connectivity index (χ0) is 11.9. The van der Waals surface area contributed by atoms with Gasteiger partial charge in [-0.3, -0.25) is 0 Å². The summed E-state index contributed by atoms with van der Waals surface area (Å²) in [6.45, 7) is 11.6. The Morgan fingerprint density at radius 2 is 1.33 bits per heavy atom. The lowest BCUT2D eigenvalue weighted by Gasteiger charge is -2.36. The van der Waals surface area contributed by atoms with Gasteiger partial charge in [0.1, 0.15) is 0 Å². The first-order chi connectivity index (χ1) is 6.95. The minimum atomic E-state index is 0.360. The summed E-state index contributed by atoms with van der Waals surface area (Å²) in [4.78, 5) is 0. The van der Waals surface area contributed by atoms with Crippen molar-refractivity contribution < 1.29 is 0 Å². The molecule has 0 aliphatic rings. The number of hydrogen-bond donors (Lipinski definition) is 0. The van der Waals surface area contributed by atoms with Crippen molar-refractivity contribution in [2.75, 3.05) is 0 Å². The van der Waals surface area contributed by atoms with Crippen LogP contribution < -0.4 is 0 Å². The Morgan fingerprint density at radius 3 is 1.73 bits per heavy atom. The van der Waals surface area contributed by atoms with E-state index in [0.717, 1.165) is 11.8 Å². The van der Waals surface area contributed by atoms with E-state index < -0.39 is 0 Å². The average molecular weight is 277 g/mol. The van der Waals surface area contributed by atoms with E-state index in [1.165, 1.54) is 38.5 Å². The van der Waals surface area contributed by atoms with E-state index >= 15 is 0 Å². The number of unbranched alkanes of at least 4 members (excludes halogenated alkanes) is 4. The van der Waals surface area contributed by atoms with Gasteiger partial charge in [0.15, 0.2) is 0 Å². The zero-order valence-electron chi connectivity index (χ0n) is 11.3. The molecule has 0 N–H and O–H groups in total. The molecule has 0 spiro atoms. The van der Waals surface area contributed by atoms with Gasteiger partial charge in [0, 0.05) is 4.32 Å². The van der Waals surface area contributed by atoms with Crippen molar-refractivity contribution in [3.63, 3.8) is 0 Å². The van der Waals surface area contributed by atoms with Crippen molar-refractivity contribution in [2.24, 2.45) is 11.8 Å². The van der Waals surface area contributed by atoms with Crippen LogP contribution in [0.3, 0.4) is 0 Å². The van der Waals surface area contributed by atoms with E-state index in [2.05, 4.69) is 50.5 Å². The van der Waals surface area contributed by atoms with Crippen molar-refractivity contribution in [3.05, 3.63) is 0 Å². The molecule has 0 saturated heterocycles. The van der Waals surface area contributed by atoms with Crippen LogP contribution in [-0.2, 0) is 0 Å². The molecule has 0 aromatic heterocycles. The van der Waals surface area contributed by atoms with Crippen LogP contribution in [0.4, 0.5) is 0 Å². The summed E-state index contributed by atoms with van der Waals surface area (Å²) < 4.78 is 0.360. The van der Waals surface area contributed by atoms with Crippen LogP contribution in [0.1, 0.15) is 73.1 Å². The van der Waals surface area contributed by atoms with E-state index in [1.54, 1.807) is 0 Å². The molecule has 15 heavy (non-hydrogen) atoms. The largest absolute Gasteiger partial charge is 0.0848 e. The third-order valence-corrected chi connectivity index (χ3v) is 5.81. The van der Waals surface area contributed by atoms with Gasteiger partial charge < -0.3 is 0 Å². The Balaban J connectivity index is 3.88. The molecule has 0 bridgehead atoms. The van der Waals surface area contributed by atoms with Crippen molar-refractivity contribution in [2.45, 2.75) is 77.5 Å². The smallest absolute Gasteiger partial charge is 0.0303 e. The van der Waals surface area contributed by atoms with Gasteiger partial charge in [0.2, 0.25) is 0 Å². The number of halogens is 1. The van der Waals surface area contributed by atoms with Crippen LogP contribution in [-0.4, -0.2) is 4.32 Å². The van der Waals surface area contributed by atoms with Crippen molar-refractivity contribution in [3.8, 4) is 0 Å². The van der Waals surface area contributed by atoms with Gasteiger partial charge in [-0.2, -0.15) is 0 Å². The lowest BCUT2D eigenvalue weighted by Crippen LogP contribution is -2.33. The molecule has 92 valence electrons. The Morgan fingerprint density at radius 1 is 0.867 bits per heavy atom. The maximum Gasteiger partial charge on any atom is 0.0303 e. The van der Waals surface area contributed by atoms with Crippen LogP contribution in [0, 0.1) is 11.8 Å². The molecule has 0 rings (SSSR count). The molecule has 0 saturated carbocycles. The topological polar surface area (TPSA) is 0 Å². The first-order valence-corrected chi connectivity index (χ1v) is 7.43. The standard InChI is InChI=1S/C14H29Br/c1-6-7-8-9-10-11-14(15,12(2)3)13(4)5/h12-13H,6-11H2,1-5H3. The van der Waals surface area contributed by atoms with E-state index in [0.29, 0.717) is 4.32 Å². The molecule has 0 aliphatic heterocycles. The molecule has 0 nitrogen and oxygen atoms in total. The summed E-state index contributed by atoms with van der Waals surface area (Å²) in [5.74, 6) is 1.45. The van der Waals surface area contributed by atoms with Crippen LogP contribution in [0.15, 0.2) is 0 Å². The fourth-order valence-corrected chi connectivity index (χ4v) is 2.52. The molecule has 0 amide bonds. The minimum Gasteiger partial charge on any atom is -0.0848 e. The molecular weight excluding hydrogens is 248 g/mol. The zero-order valence-corrected chi connectivity index (χ0v) is 12.9. The lowest BCUT2D eigenvalue weighted by molar-refractivity contribution is 0.313. The van der Waals surface area contributed by atoms with Gasteiger partial charge >= 0.3 is 0 Å². The molecule has 0 unspecified atom stereocenters. The summed E-state index contributed by atoms with van der Waals surface area (Å²) in [6, 6.07) is 0. The summed E-state index contributed by atoms with van der Waals surface area (Å²) in [7, 11) is 0. The first-order valence-electron chi connectivity index (χ1n) is 6.64. The van der Waals surface area contributed by atoms with Crippen LogP contribution in [0.5, 0.6) is 0 Å². The molecule has 0 aromatic carbocycles.